The van der Waals surface area contributed by atoms with E-state index in [1.54, 1.807) is 0 Å². The molecule has 84 valence electrons. The molecule has 0 unspecified atom stereocenters. The van der Waals surface area contributed by atoms with Crippen LogP contribution in [0.15, 0.2) is 11.0 Å². The molecular weight excluding hydrogens is 210 g/mol. The second-order valence-electron chi connectivity index (χ2n) is 3.66. The van der Waals surface area contributed by atoms with Crippen molar-refractivity contribution in [1.29, 1.82) is 0 Å². The smallest absolute Gasteiger partial charge is 0.258 e. The fourth-order valence-corrected chi connectivity index (χ4v) is 1.43. The first-order valence-corrected chi connectivity index (χ1v) is 4.79. The first kappa shape index (κ1) is 10.3. The van der Waals surface area contributed by atoms with E-state index in [0.29, 0.717) is 5.69 Å². The molecule has 0 atom stereocenters. The average Bonchev–Trinajstić information content (AvgIpc) is 2.67. The molecule has 0 radical (unpaired) electrons. The minimum atomic E-state index is -0.361. The van der Waals surface area contributed by atoms with Crippen LogP contribution in [0.1, 0.15) is 25.3 Å². The summed E-state index contributed by atoms with van der Waals surface area (Å²) in [5.74, 6) is -0.167. The summed E-state index contributed by atoms with van der Waals surface area (Å²) in [5.41, 5.74) is 0.287. The summed E-state index contributed by atoms with van der Waals surface area (Å²) in [6.07, 6.45) is 1.41. The van der Waals surface area contributed by atoms with Crippen LogP contribution in [0.25, 0.3) is 11.5 Å². The summed E-state index contributed by atoms with van der Waals surface area (Å²) in [5, 5.41) is 19.4. The van der Waals surface area contributed by atoms with E-state index in [2.05, 4.69) is 25.4 Å². The van der Waals surface area contributed by atoms with Gasteiger partial charge in [-0.25, -0.2) is 0 Å². The highest BCUT2D eigenvalue weighted by atomic mass is 16.3. The molecule has 0 fully saturated rings. The average molecular weight is 221 g/mol. The molecular formula is C9H11N5O2. The predicted octanol–water partition coefficient (Wildman–Crippen LogP) is 0.384. The van der Waals surface area contributed by atoms with Crippen molar-refractivity contribution in [2.24, 2.45) is 0 Å². The number of nitrogens with zero attached hydrogens (tertiary/aromatic N) is 3. The Morgan fingerprint density at radius 1 is 1.44 bits per heavy atom. The maximum Gasteiger partial charge on any atom is 0.258 e. The van der Waals surface area contributed by atoms with Crippen LogP contribution in [-0.4, -0.2) is 30.5 Å². The second kappa shape index (κ2) is 3.76. The Morgan fingerprint density at radius 2 is 2.19 bits per heavy atom. The van der Waals surface area contributed by atoms with Gasteiger partial charge in [-0.15, -0.1) is 0 Å². The van der Waals surface area contributed by atoms with Crippen molar-refractivity contribution < 1.29 is 5.11 Å². The fraction of sp³-hybridized carbons (Fsp3) is 0.333. The van der Waals surface area contributed by atoms with E-state index in [1.165, 1.54) is 6.20 Å². The van der Waals surface area contributed by atoms with Crippen LogP contribution in [0, 0.1) is 0 Å². The maximum atomic E-state index is 11.7. The third kappa shape index (κ3) is 1.67. The zero-order chi connectivity index (χ0) is 11.7. The molecule has 3 N–H and O–H groups in total. The molecule has 2 aromatic rings. The van der Waals surface area contributed by atoms with Crippen LogP contribution >= 0.6 is 0 Å². The highest BCUT2D eigenvalue weighted by molar-refractivity contribution is 5.48. The minimum absolute atomic E-state index is 0.0948. The Kier molecular flexibility index (Phi) is 2.43. The van der Waals surface area contributed by atoms with Gasteiger partial charge in [0.25, 0.3) is 5.56 Å². The van der Waals surface area contributed by atoms with Gasteiger partial charge in [0, 0.05) is 0 Å². The molecule has 0 aliphatic heterocycles. The van der Waals surface area contributed by atoms with Gasteiger partial charge in [0.15, 0.2) is 5.82 Å². The van der Waals surface area contributed by atoms with Gasteiger partial charge >= 0.3 is 0 Å². The van der Waals surface area contributed by atoms with E-state index in [9.17, 15) is 9.90 Å². The molecule has 0 saturated carbocycles. The molecule has 0 aliphatic carbocycles. The highest BCUT2D eigenvalue weighted by Crippen LogP contribution is 2.20. The van der Waals surface area contributed by atoms with Crippen LogP contribution in [0.2, 0.25) is 0 Å². The zero-order valence-electron chi connectivity index (χ0n) is 8.85. The van der Waals surface area contributed by atoms with Crippen LogP contribution < -0.4 is 5.56 Å². The lowest BCUT2D eigenvalue weighted by Gasteiger charge is -2.06. The van der Waals surface area contributed by atoms with Crippen molar-refractivity contribution >= 4 is 0 Å². The largest absolute Gasteiger partial charge is 0.493 e. The van der Waals surface area contributed by atoms with Crippen molar-refractivity contribution in [2.75, 3.05) is 0 Å². The molecule has 0 amide bonds. The Bertz CT molecular complexity index is 544. The first-order chi connectivity index (χ1) is 7.59. The number of nitrogens with one attached hydrogen (secondary N) is 2. The monoisotopic (exact) mass is 221 g/mol. The van der Waals surface area contributed by atoms with Crippen LogP contribution in [0.5, 0.6) is 5.88 Å². The lowest BCUT2D eigenvalue weighted by Crippen LogP contribution is -2.16. The predicted molar refractivity (Wildman–Crippen MR) is 56.0 cm³/mol. The second-order valence-corrected chi connectivity index (χ2v) is 3.66. The maximum absolute atomic E-state index is 11.7. The fourth-order valence-electron chi connectivity index (χ4n) is 1.43. The molecule has 0 saturated heterocycles. The van der Waals surface area contributed by atoms with Crippen molar-refractivity contribution in [3.8, 4) is 17.4 Å². The van der Waals surface area contributed by atoms with Crippen molar-refractivity contribution in [3.05, 3.63) is 22.1 Å². The Labute approximate surface area is 90.6 Å². The molecule has 2 aromatic heterocycles. The van der Waals surface area contributed by atoms with Gasteiger partial charge in [0.2, 0.25) is 5.88 Å². The normalized spacial score (nSPS) is 10.9. The van der Waals surface area contributed by atoms with Gasteiger partial charge in [0.1, 0.15) is 5.69 Å². The summed E-state index contributed by atoms with van der Waals surface area (Å²) in [6, 6.07) is 0. The minimum Gasteiger partial charge on any atom is -0.493 e. The standard InChI is InChI=1S/C9H11N5O2/c1-4(2)6-8(15)11-7(12-9(6)16)5-3-10-14-13-5/h3-4H,1-2H3,(H,10,13,14)(H2,11,12,15,16). The molecule has 7 heteroatoms. The van der Waals surface area contributed by atoms with Crippen molar-refractivity contribution in [3.63, 3.8) is 0 Å². The van der Waals surface area contributed by atoms with E-state index in [4.69, 9.17) is 0 Å². The van der Waals surface area contributed by atoms with Gasteiger partial charge in [-0.2, -0.15) is 20.4 Å². The summed E-state index contributed by atoms with van der Waals surface area (Å²) in [7, 11) is 0. The molecule has 2 heterocycles. The lowest BCUT2D eigenvalue weighted by molar-refractivity contribution is 0.440. The summed E-state index contributed by atoms with van der Waals surface area (Å²) >= 11 is 0. The van der Waals surface area contributed by atoms with E-state index in [1.807, 2.05) is 13.8 Å². The molecule has 0 aromatic carbocycles. The van der Waals surface area contributed by atoms with Crippen LogP contribution in [-0.2, 0) is 0 Å². The van der Waals surface area contributed by atoms with E-state index < -0.39 is 0 Å². The van der Waals surface area contributed by atoms with Crippen molar-refractivity contribution in [2.45, 2.75) is 19.8 Å². The third-order valence-electron chi connectivity index (χ3n) is 2.17. The van der Waals surface area contributed by atoms with Crippen LogP contribution in [0.3, 0.4) is 0 Å². The van der Waals surface area contributed by atoms with Gasteiger partial charge in [-0.1, -0.05) is 13.8 Å². The first-order valence-electron chi connectivity index (χ1n) is 4.79. The van der Waals surface area contributed by atoms with Gasteiger partial charge in [0.05, 0.1) is 11.8 Å². The lowest BCUT2D eigenvalue weighted by atomic mass is 10.1. The SMILES string of the molecule is CC(C)c1c(O)nc(-c2cn[nH]n2)[nH]c1=O. The molecule has 7 nitrogen and oxygen atoms in total. The Morgan fingerprint density at radius 3 is 2.69 bits per heavy atom. The summed E-state index contributed by atoms with van der Waals surface area (Å²) in [6.45, 7) is 3.61. The number of aromatic hydroxyl groups is 1. The molecule has 0 spiro atoms. The van der Waals surface area contributed by atoms with Crippen LogP contribution in [0.4, 0.5) is 0 Å². The number of H-pyrrole nitrogens is 2. The third-order valence-corrected chi connectivity index (χ3v) is 2.17. The quantitative estimate of drug-likeness (QED) is 0.679. The molecule has 16 heavy (non-hydrogen) atoms. The topological polar surface area (TPSA) is 108 Å². The summed E-state index contributed by atoms with van der Waals surface area (Å²) in [4.78, 5) is 18.1. The van der Waals surface area contributed by atoms with Gasteiger partial charge < -0.3 is 10.1 Å². The van der Waals surface area contributed by atoms with Gasteiger partial charge in [-0.05, 0) is 5.92 Å². The van der Waals surface area contributed by atoms with Gasteiger partial charge in [-0.3, -0.25) is 4.79 Å². The number of aromatic nitrogens is 5. The molecule has 0 bridgehead atoms. The number of hydrogen-bond acceptors (Lipinski definition) is 5. The molecule has 2 rings (SSSR count). The number of rotatable bonds is 2. The number of aromatic amines is 2. The van der Waals surface area contributed by atoms with E-state index >= 15 is 0 Å². The van der Waals surface area contributed by atoms with E-state index in [0.717, 1.165) is 0 Å². The summed E-state index contributed by atoms with van der Waals surface area (Å²) < 4.78 is 0. The Balaban J connectivity index is 2.58. The van der Waals surface area contributed by atoms with E-state index in [-0.39, 0.29) is 28.7 Å². The zero-order valence-corrected chi connectivity index (χ0v) is 8.85. The highest BCUT2D eigenvalue weighted by Gasteiger charge is 2.15. The van der Waals surface area contributed by atoms with Crippen molar-refractivity contribution in [1.82, 2.24) is 25.4 Å². The Hall–Kier alpha value is -2.18. The molecule has 0 aliphatic rings. The number of hydrogen-bond donors (Lipinski definition) is 3.